The second kappa shape index (κ2) is 6.98. The zero-order valence-electron chi connectivity index (χ0n) is 11.0. The zero-order valence-corrected chi connectivity index (χ0v) is 11.8. The van der Waals surface area contributed by atoms with Gasteiger partial charge in [-0.15, -0.1) is 11.3 Å². The van der Waals surface area contributed by atoms with Crippen LogP contribution in [0.3, 0.4) is 0 Å². The number of nitrogens with one attached hydrogen (secondary N) is 1. The van der Waals surface area contributed by atoms with Crippen LogP contribution in [-0.2, 0) is 4.74 Å². The standard InChI is InChI=1S/C13H12F2N2O3S/c1-2-19-11(18)10-7-21-13(17-10)16-8-3-5-9(6-4-8)20-12(14)15/h3-7,12H,2H2,1H3,(H,16,17). The average molecular weight is 314 g/mol. The molecular weight excluding hydrogens is 302 g/mol. The minimum atomic E-state index is -2.85. The maximum Gasteiger partial charge on any atom is 0.387 e. The lowest BCUT2D eigenvalue weighted by molar-refractivity contribution is -0.0498. The molecule has 1 N–H and O–H groups in total. The van der Waals surface area contributed by atoms with Gasteiger partial charge in [0.15, 0.2) is 10.8 Å². The Balaban J connectivity index is 2.00. The van der Waals surface area contributed by atoms with E-state index in [2.05, 4.69) is 15.0 Å². The van der Waals surface area contributed by atoms with Crippen molar-refractivity contribution < 1.29 is 23.0 Å². The number of nitrogens with zero attached hydrogens (tertiary/aromatic N) is 1. The number of hydrogen-bond acceptors (Lipinski definition) is 6. The highest BCUT2D eigenvalue weighted by molar-refractivity contribution is 7.14. The summed E-state index contributed by atoms with van der Waals surface area (Å²) >= 11 is 1.24. The van der Waals surface area contributed by atoms with Crippen LogP contribution in [0.4, 0.5) is 19.6 Å². The fourth-order valence-corrected chi connectivity index (χ4v) is 2.17. The molecule has 0 amide bonds. The summed E-state index contributed by atoms with van der Waals surface area (Å²) in [6.45, 7) is -0.855. The number of esters is 1. The molecule has 2 aromatic rings. The highest BCUT2D eigenvalue weighted by atomic mass is 32.1. The number of benzene rings is 1. The summed E-state index contributed by atoms with van der Waals surface area (Å²) in [5.41, 5.74) is 0.864. The minimum Gasteiger partial charge on any atom is -0.461 e. The normalized spacial score (nSPS) is 10.5. The SMILES string of the molecule is CCOC(=O)c1csc(Nc2ccc(OC(F)F)cc2)n1. The second-order valence-electron chi connectivity index (χ2n) is 3.79. The fourth-order valence-electron chi connectivity index (χ4n) is 1.47. The first kappa shape index (κ1) is 15.2. The van der Waals surface area contributed by atoms with Crippen LogP contribution in [0.1, 0.15) is 17.4 Å². The summed E-state index contributed by atoms with van der Waals surface area (Å²) in [4.78, 5) is 15.5. The molecule has 0 fully saturated rings. The first-order chi connectivity index (χ1) is 10.1. The molecule has 0 saturated heterocycles. The van der Waals surface area contributed by atoms with E-state index in [-0.39, 0.29) is 18.1 Å². The maximum atomic E-state index is 12.0. The van der Waals surface area contributed by atoms with Crippen molar-refractivity contribution in [2.75, 3.05) is 11.9 Å². The van der Waals surface area contributed by atoms with Gasteiger partial charge in [-0.05, 0) is 31.2 Å². The van der Waals surface area contributed by atoms with Gasteiger partial charge in [-0.1, -0.05) is 0 Å². The molecule has 0 atom stereocenters. The molecule has 8 heteroatoms. The van der Waals surface area contributed by atoms with E-state index in [0.29, 0.717) is 10.8 Å². The zero-order chi connectivity index (χ0) is 15.2. The van der Waals surface area contributed by atoms with Crippen LogP contribution in [0.5, 0.6) is 5.75 Å². The van der Waals surface area contributed by atoms with Gasteiger partial charge in [0.1, 0.15) is 5.75 Å². The van der Waals surface area contributed by atoms with Crippen molar-refractivity contribution in [1.29, 1.82) is 0 Å². The Morgan fingerprint density at radius 1 is 1.38 bits per heavy atom. The molecule has 0 saturated carbocycles. The van der Waals surface area contributed by atoms with Gasteiger partial charge in [-0.25, -0.2) is 9.78 Å². The van der Waals surface area contributed by atoms with E-state index in [1.165, 1.54) is 23.5 Å². The lowest BCUT2D eigenvalue weighted by Crippen LogP contribution is -2.05. The Morgan fingerprint density at radius 3 is 2.71 bits per heavy atom. The number of carbonyl (C=O) groups excluding carboxylic acids is 1. The Labute approximate surface area is 123 Å². The molecule has 2 rings (SSSR count). The number of carbonyl (C=O) groups is 1. The van der Waals surface area contributed by atoms with E-state index in [0.717, 1.165) is 0 Å². The van der Waals surface area contributed by atoms with E-state index in [1.54, 1.807) is 24.4 Å². The predicted octanol–water partition coefficient (Wildman–Crippen LogP) is 3.66. The monoisotopic (exact) mass is 314 g/mol. The topological polar surface area (TPSA) is 60.5 Å². The molecule has 1 aromatic heterocycles. The van der Waals surface area contributed by atoms with E-state index >= 15 is 0 Å². The van der Waals surface area contributed by atoms with Gasteiger partial charge in [0.05, 0.1) is 6.61 Å². The second-order valence-corrected chi connectivity index (χ2v) is 4.64. The fraction of sp³-hybridized carbons (Fsp3) is 0.231. The van der Waals surface area contributed by atoms with Gasteiger partial charge < -0.3 is 14.8 Å². The summed E-state index contributed by atoms with van der Waals surface area (Å²) in [7, 11) is 0. The van der Waals surface area contributed by atoms with Gasteiger partial charge in [-0.2, -0.15) is 8.78 Å². The highest BCUT2D eigenvalue weighted by Crippen LogP contribution is 2.23. The van der Waals surface area contributed by atoms with Crippen LogP contribution in [0.25, 0.3) is 0 Å². The molecule has 0 bridgehead atoms. The van der Waals surface area contributed by atoms with Crippen molar-refractivity contribution in [1.82, 2.24) is 4.98 Å². The first-order valence-electron chi connectivity index (χ1n) is 6.03. The number of thiazole rings is 1. The third-order valence-corrected chi connectivity index (χ3v) is 3.08. The van der Waals surface area contributed by atoms with Crippen molar-refractivity contribution in [2.24, 2.45) is 0 Å². The van der Waals surface area contributed by atoms with Gasteiger partial charge in [0.25, 0.3) is 0 Å². The summed E-state index contributed by atoms with van der Waals surface area (Å²) in [5, 5.41) is 5.04. The minimum absolute atomic E-state index is 0.0712. The van der Waals surface area contributed by atoms with Gasteiger partial charge in [0.2, 0.25) is 0 Å². The molecule has 5 nitrogen and oxygen atoms in total. The van der Waals surface area contributed by atoms with Crippen LogP contribution in [0.15, 0.2) is 29.6 Å². The Bertz CT molecular complexity index is 602. The highest BCUT2D eigenvalue weighted by Gasteiger charge is 2.11. The third-order valence-electron chi connectivity index (χ3n) is 2.32. The summed E-state index contributed by atoms with van der Waals surface area (Å²) < 4.78 is 33.1. The van der Waals surface area contributed by atoms with Crippen LogP contribution < -0.4 is 10.1 Å². The van der Waals surface area contributed by atoms with E-state index in [1.807, 2.05) is 0 Å². The van der Waals surface area contributed by atoms with Crippen LogP contribution in [0.2, 0.25) is 0 Å². The number of rotatable bonds is 6. The summed E-state index contributed by atoms with van der Waals surface area (Å²) in [6, 6.07) is 5.97. The average Bonchev–Trinajstić information content (AvgIpc) is 2.89. The molecule has 0 spiro atoms. The number of alkyl halides is 2. The van der Waals surface area contributed by atoms with E-state index in [4.69, 9.17) is 4.74 Å². The van der Waals surface area contributed by atoms with Crippen molar-refractivity contribution >= 4 is 28.1 Å². The third kappa shape index (κ3) is 4.38. The van der Waals surface area contributed by atoms with E-state index < -0.39 is 12.6 Å². The summed E-state index contributed by atoms with van der Waals surface area (Å²) in [6.07, 6.45) is 0. The van der Waals surface area contributed by atoms with Gasteiger partial charge in [0, 0.05) is 11.1 Å². The van der Waals surface area contributed by atoms with Crippen molar-refractivity contribution in [3.05, 3.63) is 35.3 Å². The van der Waals surface area contributed by atoms with E-state index in [9.17, 15) is 13.6 Å². The lowest BCUT2D eigenvalue weighted by atomic mass is 10.3. The summed E-state index contributed by atoms with van der Waals surface area (Å²) in [5.74, 6) is -0.413. The quantitative estimate of drug-likeness (QED) is 0.824. The molecule has 1 aromatic carbocycles. The number of ether oxygens (including phenoxy) is 2. The van der Waals surface area contributed by atoms with Crippen molar-refractivity contribution in [3.8, 4) is 5.75 Å². The van der Waals surface area contributed by atoms with Gasteiger partial charge in [-0.3, -0.25) is 0 Å². The molecule has 0 aliphatic carbocycles. The number of anilines is 2. The first-order valence-corrected chi connectivity index (χ1v) is 6.91. The number of aromatic nitrogens is 1. The number of halogens is 2. The molecule has 1 heterocycles. The molecule has 0 unspecified atom stereocenters. The molecule has 0 aliphatic heterocycles. The molecule has 21 heavy (non-hydrogen) atoms. The molecule has 112 valence electrons. The molecular formula is C13H12F2N2O3S. The van der Waals surface area contributed by atoms with Crippen molar-refractivity contribution in [3.63, 3.8) is 0 Å². The van der Waals surface area contributed by atoms with Crippen LogP contribution in [-0.4, -0.2) is 24.2 Å². The molecule has 0 aliphatic rings. The lowest BCUT2D eigenvalue weighted by Gasteiger charge is -2.06. The van der Waals surface area contributed by atoms with Crippen LogP contribution >= 0.6 is 11.3 Å². The Kier molecular flexibility index (Phi) is 5.04. The smallest absolute Gasteiger partial charge is 0.387 e. The number of hydrogen-bond donors (Lipinski definition) is 1. The van der Waals surface area contributed by atoms with Gasteiger partial charge >= 0.3 is 12.6 Å². The molecule has 0 radical (unpaired) electrons. The van der Waals surface area contributed by atoms with Crippen LogP contribution in [0, 0.1) is 0 Å². The Morgan fingerprint density at radius 2 is 2.10 bits per heavy atom. The van der Waals surface area contributed by atoms with Crippen molar-refractivity contribution in [2.45, 2.75) is 13.5 Å². The maximum absolute atomic E-state index is 12.0. The predicted molar refractivity (Wildman–Crippen MR) is 74.4 cm³/mol. The Hall–Kier alpha value is -2.22. The largest absolute Gasteiger partial charge is 0.461 e.